The van der Waals surface area contributed by atoms with Crippen LogP contribution in [0.15, 0.2) is 12.1 Å². The van der Waals surface area contributed by atoms with E-state index in [1.165, 1.54) is 12.1 Å². The van der Waals surface area contributed by atoms with E-state index in [0.717, 1.165) is 0 Å². The van der Waals surface area contributed by atoms with E-state index in [-0.39, 0.29) is 20.8 Å². The van der Waals surface area contributed by atoms with E-state index in [4.69, 9.17) is 39.5 Å². The molecule has 1 atom stereocenters. The van der Waals surface area contributed by atoms with E-state index >= 15 is 0 Å². The Morgan fingerprint density at radius 1 is 1.29 bits per heavy atom. The molecular weight excluding hydrogens is 286 g/mol. The fourth-order valence-electron chi connectivity index (χ4n) is 1.23. The molecule has 94 valence electrons. The van der Waals surface area contributed by atoms with Crippen LogP contribution in [0.2, 0.25) is 15.1 Å². The van der Waals surface area contributed by atoms with Crippen molar-refractivity contribution in [3.8, 4) is 5.75 Å². The SMILES string of the molecule is CCCC(Oc1cc(Cl)c(Cl)cc1Cl)C(=O)[O-]. The number of carbonyl (C=O) groups excluding carboxylic acids is 1. The Balaban J connectivity index is 2.93. The Labute approximate surface area is 114 Å². The molecule has 0 aliphatic rings. The van der Waals surface area contributed by atoms with Gasteiger partial charge in [-0.2, -0.15) is 0 Å². The number of benzene rings is 1. The van der Waals surface area contributed by atoms with E-state index in [0.29, 0.717) is 12.8 Å². The maximum absolute atomic E-state index is 10.8. The number of ether oxygens (including phenoxy) is 1. The summed E-state index contributed by atoms with van der Waals surface area (Å²) < 4.78 is 5.25. The zero-order chi connectivity index (χ0) is 13.0. The summed E-state index contributed by atoms with van der Waals surface area (Å²) in [5.41, 5.74) is 0. The van der Waals surface area contributed by atoms with E-state index < -0.39 is 12.1 Å². The molecule has 3 nitrogen and oxygen atoms in total. The molecule has 0 amide bonds. The van der Waals surface area contributed by atoms with Crippen LogP contribution in [0.1, 0.15) is 19.8 Å². The van der Waals surface area contributed by atoms with Gasteiger partial charge < -0.3 is 14.6 Å². The van der Waals surface area contributed by atoms with Gasteiger partial charge in [-0.1, -0.05) is 48.1 Å². The highest BCUT2D eigenvalue weighted by molar-refractivity contribution is 6.43. The second-order valence-electron chi connectivity index (χ2n) is 3.41. The smallest absolute Gasteiger partial charge is 0.140 e. The second kappa shape index (κ2) is 6.34. The van der Waals surface area contributed by atoms with Crippen molar-refractivity contribution in [2.45, 2.75) is 25.9 Å². The number of hydrogen-bond donors (Lipinski definition) is 0. The topological polar surface area (TPSA) is 49.4 Å². The van der Waals surface area contributed by atoms with Crippen LogP contribution in [0.3, 0.4) is 0 Å². The highest BCUT2D eigenvalue weighted by Gasteiger charge is 2.14. The highest BCUT2D eigenvalue weighted by atomic mass is 35.5. The van der Waals surface area contributed by atoms with E-state index in [1.54, 1.807) is 0 Å². The molecule has 0 saturated heterocycles. The Hall–Kier alpha value is -0.640. The number of carbonyl (C=O) groups is 1. The lowest BCUT2D eigenvalue weighted by Crippen LogP contribution is -2.39. The summed E-state index contributed by atoms with van der Waals surface area (Å²) >= 11 is 17.4. The molecule has 1 aromatic carbocycles. The summed E-state index contributed by atoms with van der Waals surface area (Å²) in [6, 6.07) is 2.79. The van der Waals surface area contributed by atoms with Gasteiger partial charge in [-0.25, -0.2) is 0 Å². The summed E-state index contributed by atoms with van der Waals surface area (Å²) in [4.78, 5) is 10.8. The highest BCUT2D eigenvalue weighted by Crippen LogP contribution is 2.34. The summed E-state index contributed by atoms with van der Waals surface area (Å²) in [6.45, 7) is 1.84. The second-order valence-corrected chi connectivity index (χ2v) is 4.63. The molecule has 0 aliphatic heterocycles. The first-order chi connectivity index (χ1) is 7.95. The molecule has 0 heterocycles. The molecule has 17 heavy (non-hydrogen) atoms. The minimum absolute atomic E-state index is 0.184. The Bertz CT molecular complexity index is 421. The van der Waals surface area contributed by atoms with E-state index in [2.05, 4.69) is 0 Å². The van der Waals surface area contributed by atoms with Gasteiger partial charge in [-0.3, -0.25) is 0 Å². The molecule has 0 fully saturated rings. The molecule has 0 bridgehead atoms. The molecule has 0 aliphatic carbocycles. The van der Waals surface area contributed by atoms with Crippen LogP contribution in [0.4, 0.5) is 0 Å². The van der Waals surface area contributed by atoms with Gasteiger partial charge in [-0.05, 0) is 12.5 Å². The van der Waals surface area contributed by atoms with Crippen molar-refractivity contribution in [3.63, 3.8) is 0 Å². The first kappa shape index (κ1) is 14.4. The molecular formula is C11H10Cl3O3-. The third-order valence-electron chi connectivity index (χ3n) is 2.06. The molecule has 0 spiro atoms. The summed E-state index contributed by atoms with van der Waals surface area (Å²) in [5, 5.41) is 11.6. The summed E-state index contributed by atoms with van der Waals surface area (Å²) in [5.74, 6) is -1.10. The van der Waals surface area contributed by atoms with Crippen LogP contribution in [0, 0.1) is 0 Å². The minimum Gasteiger partial charge on any atom is -0.546 e. The lowest BCUT2D eigenvalue weighted by Gasteiger charge is -2.20. The first-order valence-electron chi connectivity index (χ1n) is 4.97. The third-order valence-corrected chi connectivity index (χ3v) is 3.08. The number of hydrogen-bond acceptors (Lipinski definition) is 3. The van der Waals surface area contributed by atoms with Gasteiger partial charge in [-0.15, -0.1) is 0 Å². The van der Waals surface area contributed by atoms with Crippen molar-refractivity contribution < 1.29 is 14.6 Å². The van der Waals surface area contributed by atoms with Crippen LogP contribution in [-0.2, 0) is 4.79 Å². The van der Waals surface area contributed by atoms with Crippen molar-refractivity contribution in [2.75, 3.05) is 0 Å². The molecule has 0 N–H and O–H groups in total. The average Bonchev–Trinajstić information content (AvgIpc) is 2.24. The van der Waals surface area contributed by atoms with E-state index in [1.807, 2.05) is 6.92 Å². The molecule has 1 rings (SSSR count). The van der Waals surface area contributed by atoms with Gasteiger partial charge in [0.15, 0.2) is 0 Å². The van der Waals surface area contributed by atoms with Crippen LogP contribution in [-0.4, -0.2) is 12.1 Å². The molecule has 6 heteroatoms. The Morgan fingerprint density at radius 2 is 1.88 bits per heavy atom. The summed E-state index contributed by atoms with van der Waals surface area (Å²) in [6.07, 6.45) is -0.0639. The van der Waals surface area contributed by atoms with Crippen molar-refractivity contribution in [2.24, 2.45) is 0 Å². The molecule has 1 aromatic rings. The normalized spacial score (nSPS) is 12.2. The zero-order valence-corrected chi connectivity index (χ0v) is 11.3. The number of aliphatic carboxylic acids is 1. The third kappa shape index (κ3) is 3.95. The van der Waals surface area contributed by atoms with Crippen molar-refractivity contribution >= 4 is 40.8 Å². The van der Waals surface area contributed by atoms with Gasteiger partial charge in [0.1, 0.15) is 11.9 Å². The largest absolute Gasteiger partial charge is 0.546 e. The van der Waals surface area contributed by atoms with Crippen LogP contribution >= 0.6 is 34.8 Å². The van der Waals surface area contributed by atoms with Crippen molar-refractivity contribution in [1.29, 1.82) is 0 Å². The van der Waals surface area contributed by atoms with Crippen molar-refractivity contribution in [1.82, 2.24) is 0 Å². The van der Waals surface area contributed by atoms with Gasteiger partial charge in [0.05, 0.1) is 21.0 Å². The number of carboxylic acids is 1. The molecule has 0 saturated carbocycles. The average molecular weight is 297 g/mol. The minimum atomic E-state index is -1.28. The van der Waals surface area contributed by atoms with Gasteiger partial charge in [0.25, 0.3) is 0 Å². The monoisotopic (exact) mass is 295 g/mol. The number of rotatable bonds is 5. The number of carboxylic acid groups (broad SMARTS) is 1. The maximum Gasteiger partial charge on any atom is 0.140 e. The quantitative estimate of drug-likeness (QED) is 0.785. The van der Waals surface area contributed by atoms with Crippen LogP contribution < -0.4 is 9.84 Å². The van der Waals surface area contributed by atoms with Crippen molar-refractivity contribution in [3.05, 3.63) is 27.2 Å². The predicted molar refractivity (Wildman–Crippen MR) is 65.8 cm³/mol. The zero-order valence-electron chi connectivity index (χ0n) is 9.00. The lowest BCUT2D eigenvalue weighted by molar-refractivity contribution is -0.313. The molecule has 0 aromatic heterocycles. The fourth-order valence-corrected chi connectivity index (χ4v) is 1.82. The van der Waals surface area contributed by atoms with Crippen LogP contribution in [0.25, 0.3) is 0 Å². The first-order valence-corrected chi connectivity index (χ1v) is 6.11. The fraction of sp³-hybridized carbons (Fsp3) is 0.364. The predicted octanol–water partition coefficient (Wildman–Crippen LogP) is 2.94. The maximum atomic E-state index is 10.8. The van der Waals surface area contributed by atoms with Gasteiger partial charge in [0, 0.05) is 6.07 Å². The summed E-state index contributed by atoms with van der Waals surface area (Å²) in [7, 11) is 0. The Kier molecular flexibility index (Phi) is 5.37. The van der Waals surface area contributed by atoms with Gasteiger partial charge in [0.2, 0.25) is 0 Å². The van der Waals surface area contributed by atoms with E-state index in [9.17, 15) is 9.90 Å². The standard InChI is InChI=1S/C11H11Cl3O3/c1-2-3-9(11(15)16)17-10-5-7(13)6(12)4-8(10)14/h4-5,9H,2-3H2,1H3,(H,15,16)/p-1. The molecule has 0 radical (unpaired) electrons. The number of halogens is 3. The van der Waals surface area contributed by atoms with Gasteiger partial charge >= 0.3 is 0 Å². The lowest BCUT2D eigenvalue weighted by atomic mass is 10.2. The van der Waals surface area contributed by atoms with Crippen LogP contribution in [0.5, 0.6) is 5.75 Å². The molecule has 1 unspecified atom stereocenters. The Morgan fingerprint density at radius 3 is 2.41 bits per heavy atom.